The predicted molar refractivity (Wildman–Crippen MR) is 115 cm³/mol. The summed E-state index contributed by atoms with van der Waals surface area (Å²) in [5, 5.41) is 9.90. The molecule has 0 saturated heterocycles. The van der Waals surface area contributed by atoms with Crippen LogP contribution in [-0.2, 0) is 18.6 Å². The van der Waals surface area contributed by atoms with Gasteiger partial charge in [0.05, 0.1) is 22.8 Å². The number of halogens is 1. The van der Waals surface area contributed by atoms with Crippen molar-refractivity contribution in [1.82, 2.24) is 20.6 Å². The Morgan fingerprint density at radius 2 is 2.07 bits per heavy atom. The Morgan fingerprint density at radius 1 is 1.23 bits per heavy atom. The molecule has 1 aromatic carbocycles. The maximum atomic E-state index is 12.3. The second-order valence-electron chi connectivity index (χ2n) is 8.20. The molecule has 0 bridgehead atoms. The highest BCUT2D eigenvalue weighted by Gasteiger charge is 2.44. The molecule has 2 amide bonds. The Kier molecular flexibility index (Phi) is 4.87. The molecule has 1 spiro atoms. The number of carbonyl (C=O) groups is 1. The van der Waals surface area contributed by atoms with E-state index in [1.165, 1.54) is 6.42 Å². The molecule has 0 radical (unpaired) electrons. The second-order valence-corrected chi connectivity index (χ2v) is 8.60. The van der Waals surface area contributed by atoms with E-state index in [9.17, 15) is 4.79 Å². The van der Waals surface area contributed by atoms with Gasteiger partial charge in [-0.2, -0.15) is 0 Å². The topological polar surface area (TPSA) is 92.1 Å². The van der Waals surface area contributed by atoms with Crippen LogP contribution in [0, 0.1) is 6.92 Å². The highest BCUT2D eigenvalue weighted by molar-refractivity contribution is 6.35. The SMILES string of the molecule is Cc1ccc(CNCc2nc3cc(Cl)c4c(c3o2)C2(CCCCC2)NC(=O)N4)cn1. The second kappa shape index (κ2) is 7.56. The third-order valence-electron chi connectivity index (χ3n) is 6.03. The molecule has 1 aliphatic heterocycles. The summed E-state index contributed by atoms with van der Waals surface area (Å²) in [6.45, 7) is 3.13. The molecule has 3 aromatic rings. The van der Waals surface area contributed by atoms with Crippen molar-refractivity contribution in [3.8, 4) is 0 Å². The number of aromatic nitrogens is 2. The fourth-order valence-corrected chi connectivity index (χ4v) is 4.85. The number of pyridine rings is 1. The van der Waals surface area contributed by atoms with Crippen LogP contribution in [0.15, 0.2) is 28.8 Å². The number of urea groups is 1. The number of oxazole rings is 1. The van der Waals surface area contributed by atoms with E-state index in [1.54, 1.807) is 6.07 Å². The number of anilines is 1. The van der Waals surface area contributed by atoms with Gasteiger partial charge in [0, 0.05) is 24.0 Å². The van der Waals surface area contributed by atoms with Crippen LogP contribution >= 0.6 is 11.6 Å². The molecule has 3 heterocycles. The first-order valence-corrected chi connectivity index (χ1v) is 10.8. The lowest BCUT2D eigenvalue weighted by Gasteiger charge is -2.42. The van der Waals surface area contributed by atoms with Gasteiger partial charge in [-0.05, 0) is 37.5 Å². The minimum absolute atomic E-state index is 0.209. The summed E-state index contributed by atoms with van der Waals surface area (Å²) in [5.74, 6) is 0.595. The van der Waals surface area contributed by atoms with Crippen LogP contribution in [0.25, 0.3) is 11.1 Å². The first-order chi connectivity index (χ1) is 14.5. The summed E-state index contributed by atoms with van der Waals surface area (Å²) in [6.07, 6.45) is 6.89. The summed E-state index contributed by atoms with van der Waals surface area (Å²) in [5.41, 5.74) is 4.66. The molecule has 3 N–H and O–H groups in total. The number of hydrogen-bond donors (Lipinski definition) is 3. The van der Waals surface area contributed by atoms with Crippen LogP contribution in [-0.4, -0.2) is 16.0 Å². The van der Waals surface area contributed by atoms with E-state index in [4.69, 9.17) is 16.0 Å². The summed E-state index contributed by atoms with van der Waals surface area (Å²) in [4.78, 5) is 21.3. The first-order valence-electron chi connectivity index (χ1n) is 10.4. The van der Waals surface area contributed by atoms with E-state index >= 15 is 0 Å². The molecule has 1 fully saturated rings. The van der Waals surface area contributed by atoms with Crippen LogP contribution < -0.4 is 16.0 Å². The van der Waals surface area contributed by atoms with Crippen molar-refractivity contribution in [2.24, 2.45) is 0 Å². The Balaban J connectivity index is 1.46. The van der Waals surface area contributed by atoms with Gasteiger partial charge in [0.2, 0.25) is 5.89 Å². The van der Waals surface area contributed by atoms with Crippen molar-refractivity contribution in [3.63, 3.8) is 0 Å². The van der Waals surface area contributed by atoms with Gasteiger partial charge in [-0.15, -0.1) is 0 Å². The predicted octanol–water partition coefficient (Wildman–Crippen LogP) is 4.77. The van der Waals surface area contributed by atoms with Gasteiger partial charge in [0.15, 0.2) is 5.58 Å². The Labute approximate surface area is 179 Å². The Bertz CT molecular complexity index is 1100. The number of fused-ring (bicyclic) bond motifs is 4. The quantitative estimate of drug-likeness (QED) is 0.560. The maximum Gasteiger partial charge on any atom is 0.319 e. The Hall–Kier alpha value is -2.64. The van der Waals surface area contributed by atoms with Crippen molar-refractivity contribution in [2.45, 2.75) is 57.7 Å². The number of nitrogens with zero attached hydrogens (tertiary/aromatic N) is 2. The third-order valence-corrected chi connectivity index (χ3v) is 6.33. The van der Waals surface area contributed by atoms with E-state index in [2.05, 4.69) is 32.0 Å². The van der Waals surface area contributed by atoms with E-state index < -0.39 is 5.54 Å². The summed E-state index contributed by atoms with van der Waals surface area (Å²) in [6, 6.07) is 5.61. The largest absolute Gasteiger partial charge is 0.439 e. The van der Waals surface area contributed by atoms with E-state index in [0.717, 1.165) is 48.0 Å². The van der Waals surface area contributed by atoms with Crippen LogP contribution in [0.4, 0.5) is 10.5 Å². The number of amides is 2. The van der Waals surface area contributed by atoms with Crippen molar-refractivity contribution >= 4 is 34.4 Å². The lowest BCUT2D eigenvalue weighted by Crippen LogP contribution is -2.52. The number of carbonyl (C=O) groups excluding carboxylic acids is 1. The molecule has 0 atom stereocenters. The molecule has 156 valence electrons. The number of aryl methyl sites for hydroxylation is 1. The minimum Gasteiger partial charge on any atom is -0.439 e. The van der Waals surface area contributed by atoms with Crippen LogP contribution in [0.1, 0.15) is 54.8 Å². The number of rotatable bonds is 4. The van der Waals surface area contributed by atoms with E-state index in [-0.39, 0.29) is 6.03 Å². The smallest absolute Gasteiger partial charge is 0.319 e. The first kappa shape index (κ1) is 19.3. The van der Waals surface area contributed by atoms with Crippen LogP contribution in [0.3, 0.4) is 0 Å². The zero-order chi connectivity index (χ0) is 20.7. The molecule has 1 saturated carbocycles. The standard InChI is InChI=1S/C22H24ClN5O2/c1-13-5-6-14(11-25-13)10-24-12-17-26-16-9-15(23)19-18(20(16)30-17)22(28-21(29)27-19)7-3-2-4-8-22/h5-6,9,11,24H,2-4,7-8,10,12H2,1H3,(H2,27,28,29). The van der Waals surface area contributed by atoms with Crippen molar-refractivity contribution < 1.29 is 9.21 Å². The van der Waals surface area contributed by atoms with Gasteiger partial charge in [0.25, 0.3) is 0 Å². The van der Waals surface area contributed by atoms with Crippen LogP contribution in [0.2, 0.25) is 5.02 Å². The fraction of sp³-hybridized carbons (Fsp3) is 0.409. The lowest BCUT2D eigenvalue weighted by atomic mass is 9.74. The summed E-state index contributed by atoms with van der Waals surface area (Å²) in [7, 11) is 0. The summed E-state index contributed by atoms with van der Waals surface area (Å²) >= 11 is 6.55. The van der Waals surface area contributed by atoms with Crippen molar-refractivity contribution in [3.05, 3.63) is 52.1 Å². The van der Waals surface area contributed by atoms with Gasteiger partial charge in [0.1, 0.15) is 5.52 Å². The lowest BCUT2D eigenvalue weighted by molar-refractivity contribution is 0.209. The fourth-order valence-electron chi connectivity index (χ4n) is 4.61. The summed E-state index contributed by atoms with van der Waals surface area (Å²) < 4.78 is 6.20. The van der Waals surface area contributed by atoms with Gasteiger partial charge < -0.3 is 20.4 Å². The molecule has 2 aliphatic rings. The van der Waals surface area contributed by atoms with E-state index in [0.29, 0.717) is 35.3 Å². The zero-order valence-corrected chi connectivity index (χ0v) is 17.6. The average molecular weight is 426 g/mol. The highest BCUT2D eigenvalue weighted by atomic mass is 35.5. The number of hydrogen-bond acceptors (Lipinski definition) is 5. The molecule has 2 aromatic heterocycles. The number of nitrogens with one attached hydrogen (secondary N) is 3. The Morgan fingerprint density at radius 3 is 2.83 bits per heavy atom. The van der Waals surface area contributed by atoms with Crippen molar-refractivity contribution in [1.29, 1.82) is 0 Å². The number of benzene rings is 1. The molecule has 7 nitrogen and oxygen atoms in total. The van der Waals surface area contributed by atoms with Crippen molar-refractivity contribution in [2.75, 3.05) is 5.32 Å². The molecule has 8 heteroatoms. The molecule has 1 aliphatic carbocycles. The normalized spacial score (nSPS) is 17.6. The average Bonchev–Trinajstić information content (AvgIpc) is 3.12. The minimum atomic E-state index is -0.448. The molecule has 30 heavy (non-hydrogen) atoms. The third kappa shape index (κ3) is 3.42. The molecule has 0 unspecified atom stereocenters. The van der Waals surface area contributed by atoms with Gasteiger partial charge in [-0.1, -0.05) is 36.9 Å². The highest BCUT2D eigenvalue weighted by Crippen LogP contribution is 2.48. The maximum absolute atomic E-state index is 12.3. The van der Waals surface area contributed by atoms with E-state index in [1.807, 2.05) is 19.2 Å². The molecule has 5 rings (SSSR count). The zero-order valence-electron chi connectivity index (χ0n) is 16.8. The van der Waals surface area contributed by atoms with Crippen LogP contribution in [0.5, 0.6) is 0 Å². The van der Waals surface area contributed by atoms with Gasteiger partial charge >= 0.3 is 6.03 Å². The van der Waals surface area contributed by atoms with Gasteiger partial charge in [-0.25, -0.2) is 9.78 Å². The van der Waals surface area contributed by atoms with Gasteiger partial charge in [-0.3, -0.25) is 4.98 Å². The monoisotopic (exact) mass is 425 g/mol. The molecular formula is C22H24ClN5O2. The molecular weight excluding hydrogens is 402 g/mol.